The fourth-order valence-electron chi connectivity index (χ4n) is 1.95. The molecule has 20 heavy (non-hydrogen) atoms. The number of ether oxygens (including phenoxy) is 1. The highest BCUT2D eigenvalue weighted by atomic mass is 16.6. The topological polar surface area (TPSA) is 53.3 Å². The van der Waals surface area contributed by atoms with E-state index < -0.39 is 5.60 Å². The quantitative estimate of drug-likeness (QED) is 0.828. The number of carbonyl (C=O) groups is 1. The van der Waals surface area contributed by atoms with Crippen LogP contribution < -0.4 is 0 Å². The third-order valence-corrected chi connectivity index (χ3v) is 2.93. The fourth-order valence-corrected chi connectivity index (χ4v) is 1.95. The van der Waals surface area contributed by atoms with Gasteiger partial charge in [0.25, 0.3) is 0 Å². The molecule has 0 aliphatic heterocycles. The Bertz CT molecular complexity index is 528. The van der Waals surface area contributed by atoms with Gasteiger partial charge < -0.3 is 9.64 Å². The van der Waals surface area contributed by atoms with E-state index in [2.05, 4.69) is 6.07 Å². The summed E-state index contributed by atoms with van der Waals surface area (Å²) in [5, 5.41) is 8.94. The smallest absolute Gasteiger partial charge is 0.410 e. The molecule has 0 heterocycles. The number of benzene rings is 1. The highest BCUT2D eigenvalue weighted by Crippen LogP contribution is 2.19. The highest BCUT2D eigenvalue weighted by molar-refractivity contribution is 5.68. The predicted octanol–water partition coefficient (Wildman–Crippen LogP) is 3.54. The molecule has 4 nitrogen and oxygen atoms in total. The van der Waals surface area contributed by atoms with Crippen LogP contribution in [0, 0.1) is 25.2 Å². The molecule has 0 radical (unpaired) electrons. The fraction of sp³-hybridized carbons (Fsp3) is 0.500. The van der Waals surface area contributed by atoms with Crippen molar-refractivity contribution in [2.75, 3.05) is 7.05 Å². The molecule has 0 spiro atoms. The van der Waals surface area contributed by atoms with Crippen LogP contribution in [0.25, 0.3) is 0 Å². The molecule has 0 aromatic heterocycles. The van der Waals surface area contributed by atoms with E-state index in [-0.39, 0.29) is 6.09 Å². The second kappa shape index (κ2) is 5.96. The van der Waals surface area contributed by atoms with Crippen LogP contribution in [0.2, 0.25) is 0 Å². The van der Waals surface area contributed by atoms with Crippen molar-refractivity contribution in [2.45, 2.75) is 46.8 Å². The van der Waals surface area contributed by atoms with E-state index in [9.17, 15) is 4.79 Å². The minimum Gasteiger partial charge on any atom is -0.444 e. The lowest BCUT2D eigenvalue weighted by molar-refractivity contribution is 0.0284. The van der Waals surface area contributed by atoms with Crippen molar-refractivity contribution in [3.63, 3.8) is 0 Å². The summed E-state index contributed by atoms with van der Waals surface area (Å²) in [6.07, 6.45) is -0.347. The maximum absolute atomic E-state index is 12.0. The van der Waals surface area contributed by atoms with Crippen molar-refractivity contribution in [3.05, 3.63) is 34.4 Å². The Kier molecular flexibility index (Phi) is 4.78. The van der Waals surface area contributed by atoms with Gasteiger partial charge in [0.05, 0.1) is 11.6 Å². The number of amides is 1. The van der Waals surface area contributed by atoms with E-state index in [0.29, 0.717) is 12.1 Å². The van der Waals surface area contributed by atoms with E-state index in [1.807, 2.05) is 46.8 Å². The lowest BCUT2D eigenvalue weighted by Gasteiger charge is -2.25. The van der Waals surface area contributed by atoms with E-state index in [0.717, 1.165) is 16.7 Å². The van der Waals surface area contributed by atoms with Gasteiger partial charge in [-0.2, -0.15) is 5.26 Å². The molecule has 0 saturated heterocycles. The Morgan fingerprint density at radius 2 is 1.80 bits per heavy atom. The number of rotatable bonds is 2. The summed E-state index contributed by atoms with van der Waals surface area (Å²) >= 11 is 0. The molecule has 1 amide bonds. The van der Waals surface area contributed by atoms with Crippen molar-refractivity contribution < 1.29 is 9.53 Å². The van der Waals surface area contributed by atoms with Gasteiger partial charge >= 0.3 is 6.09 Å². The van der Waals surface area contributed by atoms with Gasteiger partial charge in [-0.1, -0.05) is 0 Å². The zero-order chi connectivity index (χ0) is 15.5. The molecule has 0 aliphatic rings. The summed E-state index contributed by atoms with van der Waals surface area (Å²) in [5.74, 6) is 0. The molecule has 4 heteroatoms. The van der Waals surface area contributed by atoms with Crippen molar-refractivity contribution >= 4 is 6.09 Å². The number of nitrogens with zero attached hydrogens (tertiary/aromatic N) is 2. The van der Waals surface area contributed by atoms with Crippen LogP contribution >= 0.6 is 0 Å². The zero-order valence-electron chi connectivity index (χ0n) is 13.1. The van der Waals surface area contributed by atoms with Crippen LogP contribution in [0.15, 0.2) is 12.1 Å². The Morgan fingerprint density at radius 3 is 2.20 bits per heavy atom. The van der Waals surface area contributed by atoms with Gasteiger partial charge in [-0.05, 0) is 63.4 Å². The third kappa shape index (κ3) is 4.27. The summed E-state index contributed by atoms with van der Waals surface area (Å²) in [4.78, 5) is 13.5. The Morgan fingerprint density at radius 1 is 1.30 bits per heavy atom. The predicted molar refractivity (Wildman–Crippen MR) is 78.3 cm³/mol. The lowest BCUT2D eigenvalue weighted by Crippen LogP contribution is -2.34. The Hall–Kier alpha value is -2.02. The first kappa shape index (κ1) is 16.0. The SMILES string of the molecule is Cc1cc(C#N)cc(C)c1CN(C)C(=O)OC(C)(C)C. The van der Waals surface area contributed by atoms with Crippen molar-refractivity contribution in [1.29, 1.82) is 5.26 Å². The molecule has 1 rings (SSSR count). The molecule has 0 saturated carbocycles. The van der Waals surface area contributed by atoms with Gasteiger partial charge in [0, 0.05) is 13.6 Å². The largest absolute Gasteiger partial charge is 0.444 e. The minimum atomic E-state index is -0.500. The van der Waals surface area contributed by atoms with Crippen LogP contribution in [0.5, 0.6) is 0 Å². The van der Waals surface area contributed by atoms with Crippen LogP contribution in [0.3, 0.4) is 0 Å². The number of aryl methyl sites for hydroxylation is 2. The summed E-state index contributed by atoms with van der Waals surface area (Å²) < 4.78 is 5.33. The van der Waals surface area contributed by atoms with Gasteiger partial charge in [-0.25, -0.2) is 4.79 Å². The maximum Gasteiger partial charge on any atom is 0.410 e. The number of hydrogen-bond acceptors (Lipinski definition) is 3. The highest BCUT2D eigenvalue weighted by Gasteiger charge is 2.20. The molecule has 1 aromatic rings. The van der Waals surface area contributed by atoms with E-state index in [1.54, 1.807) is 11.9 Å². The Balaban J connectivity index is 2.89. The molecule has 0 bridgehead atoms. The number of nitriles is 1. The molecule has 0 unspecified atom stereocenters. The first-order valence-electron chi connectivity index (χ1n) is 6.58. The minimum absolute atomic E-state index is 0.347. The van der Waals surface area contributed by atoms with Crippen molar-refractivity contribution in [3.8, 4) is 6.07 Å². The van der Waals surface area contributed by atoms with Gasteiger partial charge in [0.15, 0.2) is 0 Å². The summed E-state index contributed by atoms with van der Waals surface area (Å²) in [5.41, 5.74) is 3.22. The van der Waals surface area contributed by atoms with Crippen molar-refractivity contribution in [1.82, 2.24) is 4.90 Å². The van der Waals surface area contributed by atoms with Gasteiger partial charge in [-0.3, -0.25) is 0 Å². The monoisotopic (exact) mass is 274 g/mol. The third-order valence-electron chi connectivity index (χ3n) is 2.93. The van der Waals surface area contributed by atoms with Crippen LogP contribution in [0.4, 0.5) is 4.79 Å². The molecule has 108 valence electrons. The lowest BCUT2D eigenvalue weighted by atomic mass is 9.99. The van der Waals surface area contributed by atoms with Gasteiger partial charge in [0.2, 0.25) is 0 Å². The van der Waals surface area contributed by atoms with Crippen LogP contribution in [-0.2, 0) is 11.3 Å². The van der Waals surface area contributed by atoms with E-state index in [1.165, 1.54) is 0 Å². The van der Waals surface area contributed by atoms with E-state index >= 15 is 0 Å². The zero-order valence-corrected chi connectivity index (χ0v) is 13.1. The maximum atomic E-state index is 12.0. The number of carbonyl (C=O) groups excluding carboxylic acids is 1. The molecule has 1 aromatic carbocycles. The first-order chi connectivity index (χ1) is 9.14. The van der Waals surface area contributed by atoms with E-state index in [4.69, 9.17) is 10.00 Å². The second-order valence-electron chi connectivity index (χ2n) is 6.04. The molecule has 0 aliphatic carbocycles. The molecule has 0 atom stereocenters. The summed E-state index contributed by atoms with van der Waals surface area (Å²) in [6.45, 7) is 9.90. The van der Waals surface area contributed by atoms with Crippen LogP contribution in [0.1, 0.15) is 43.0 Å². The standard InChI is InChI=1S/C16H22N2O2/c1-11-7-13(9-17)8-12(2)14(11)10-18(6)15(19)20-16(3,4)5/h7-8H,10H2,1-6H3. The molecular weight excluding hydrogens is 252 g/mol. The van der Waals surface area contributed by atoms with Gasteiger partial charge in [-0.15, -0.1) is 0 Å². The molecular formula is C16H22N2O2. The molecule has 0 fully saturated rings. The molecule has 0 N–H and O–H groups in total. The summed E-state index contributed by atoms with van der Waals surface area (Å²) in [7, 11) is 1.71. The van der Waals surface area contributed by atoms with Crippen molar-refractivity contribution in [2.24, 2.45) is 0 Å². The Labute approximate surface area is 121 Å². The van der Waals surface area contributed by atoms with Gasteiger partial charge in [0.1, 0.15) is 5.60 Å². The second-order valence-corrected chi connectivity index (χ2v) is 6.04. The van der Waals surface area contributed by atoms with Crippen LogP contribution in [-0.4, -0.2) is 23.6 Å². The first-order valence-corrected chi connectivity index (χ1v) is 6.58. The summed E-state index contributed by atoms with van der Waals surface area (Å²) in [6, 6.07) is 5.81. The average Bonchev–Trinajstić information content (AvgIpc) is 2.30. The number of hydrogen-bond donors (Lipinski definition) is 0. The average molecular weight is 274 g/mol. The normalized spacial score (nSPS) is 10.8.